The maximum Gasteiger partial charge on any atom is 0.269 e. The van der Waals surface area contributed by atoms with Crippen LogP contribution in [0.3, 0.4) is 0 Å². The average Bonchev–Trinajstić information content (AvgIpc) is 2.55. The Balaban J connectivity index is 1.95. The van der Waals surface area contributed by atoms with Gasteiger partial charge in [0.25, 0.3) is 5.69 Å². The number of nitrogens with two attached hydrogens (primary N) is 1. The van der Waals surface area contributed by atoms with Crippen molar-refractivity contribution in [3.63, 3.8) is 0 Å². The minimum absolute atomic E-state index is 0.0230. The molecule has 23 heavy (non-hydrogen) atoms. The molecule has 0 bridgehead atoms. The molecular formula is C17H19N3O3. The Labute approximate surface area is 134 Å². The maximum atomic E-state index is 12.3. The largest absolute Gasteiger partial charge is 0.340 e. The van der Waals surface area contributed by atoms with Gasteiger partial charge in [0.15, 0.2) is 0 Å². The molecule has 2 aromatic rings. The predicted molar refractivity (Wildman–Crippen MR) is 87.7 cm³/mol. The fourth-order valence-corrected chi connectivity index (χ4v) is 2.31. The summed E-state index contributed by atoms with van der Waals surface area (Å²) in [4.78, 5) is 24.1. The summed E-state index contributed by atoms with van der Waals surface area (Å²) in [6, 6.07) is 15.1. The van der Waals surface area contributed by atoms with Crippen LogP contribution in [0, 0.1) is 10.1 Å². The maximum absolute atomic E-state index is 12.3. The molecule has 0 aromatic heterocycles. The Morgan fingerprint density at radius 3 is 2.30 bits per heavy atom. The lowest BCUT2D eigenvalue weighted by Gasteiger charge is -2.21. The summed E-state index contributed by atoms with van der Waals surface area (Å²) in [7, 11) is 1.71. The molecule has 120 valence electrons. The summed E-state index contributed by atoms with van der Waals surface area (Å²) >= 11 is 0. The summed E-state index contributed by atoms with van der Waals surface area (Å²) in [6.45, 7) is 0.494. The van der Waals surface area contributed by atoms with Crippen LogP contribution in [0.15, 0.2) is 54.6 Å². The molecule has 0 spiro atoms. The lowest BCUT2D eigenvalue weighted by molar-refractivity contribution is -0.384. The zero-order valence-electron chi connectivity index (χ0n) is 12.9. The number of carbonyl (C=O) groups is 1. The number of nitrogens with zero attached hydrogens (tertiary/aromatic N) is 2. The normalized spacial score (nSPS) is 11.7. The van der Waals surface area contributed by atoms with E-state index in [1.165, 1.54) is 12.1 Å². The van der Waals surface area contributed by atoms with E-state index in [-0.39, 0.29) is 11.6 Å². The number of nitro groups is 1. The van der Waals surface area contributed by atoms with Crippen molar-refractivity contribution in [3.05, 3.63) is 75.8 Å². The smallest absolute Gasteiger partial charge is 0.269 e. The number of carbonyl (C=O) groups excluding carboxylic acids is 1. The topological polar surface area (TPSA) is 89.5 Å². The molecule has 1 atom stereocenters. The van der Waals surface area contributed by atoms with Crippen molar-refractivity contribution in [2.24, 2.45) is 5.73 Å². The quantitative estimate of drug-likeness (QED) is 0.653. The highest BCUT2D eigenvalue weighted by atomic mass is 16.6. The molecule has 2 rings (SSSR count). The standard InChI is InChI=1S/C17H19N3O3/c1-19(12-14-5-3-2-4-6-14)17(21)16(18)11-13-7-9-15(10-8-13)20(22)23/h2-10,16H,11-12,18H2,1H3/t16-/m0/s1. The van der Waals surface area contributed by atoms with Crippen LogP contribution in [-0.2, 0) is 17.8 Å². The van der Waals surface area contributed by atoms with Crippen LogP contribution in [0.2, 0.25) is 0 Å². The molecule has 0 saturated carbocycles. The number of non-ortho nitro benzene ring substituents is 1. The summed E-state index contributed by atoms with van der Waals surface area (Å²) in [5.41, 5.74) is 7.83. The van der Waals surface area contributed by atoms with Gasteiger partial charge >= 0.3 is 0 Å². The predicted octanol–water partition coefficient (Wildman–Crippen LogP) is 2.12. The Morgan fingerprint density at radius 2 is 1.74 bits per heavy atom. The van der Waals surface area contributed by atoms with Gasteiger partial charge in [-0.2, -0.15) is 0 Å². The van der Waals surface area contributed by atoms with Gasteiger partial charge in [-0.25, -0.2) is 0 Å². The monoisotopic (exact) mass is 313 g/mol. The van der Waals surface area contributed by atoms with E-state index in [2.05, 4.69) is 0 Å². The van der Waals surface area contributed by atoms with Gasteiger partial charge in [-0.15, -0.1) is 0 Å². The molecule has 0 radical (unpaired) electrons. The van der Waals surface area contributed by atoms with Crippen molar-refractivity contribution in [1.82, 2.24) is 4.90 Å². The van der Waals surface area contributed by atoms with Gasteiger partial charge in [0.1, 0.15) is 0 Å². The molecule has 2 aromatic carbocycles. The van der Waals surface area contributed by atoms with Crippen molar-refractivity contribution in [1.29, 1.82) is 0 Å². The van der Waals surface area contributed by atoms with Gasteiger partial charge in [0, 0.05) is 25.7 Å². The van der Waals surface area contributed by atoms with Gasteiger partial charge < -0.3 is 10.6 Å². The van der Waals surface area contributed by atoms with Crippen molar-refractivity contribution in [2.75, 3.05) is 7.05 Å². The van der Waals surface area contributed by atoms with Crippen molar-refractivity contribution < 1.29 is 9.72 Å². The summed E-state index contributed by atoms with van der Waals surface area (Å²) in [5.74, 6) is -0.160. The fourth-order valence-electron chi connectivity index (χ4n) is 2.31. The second kappa shape index (κ2) is 7.51. The number of likely N-dealkylation sites (N-methyl/N-ethyl adjacent to an activating group) is 1. The van der Waals surface area contributed by atoms with Crippen LogP contribution in [0.25, 0.3) is 0 Å². The molecule has 0 unspecified atom stereocenters. The third-order valence-electron chi connectivity index (χ3n) is 3.56. The fraction of sp³-hybridized carbons (Fsp3) is 0.235. The SMILES string of the molecule is CN(Cc1ccccc1)C(=O)[C@@H](N)Cc1ccc([N+](=O)[O-])cc1. The van der Waals surface area contributed by atoms with E-state index in [0.29, 0.717) is 13.0 Å². The first-order valence-electron chi connectivity index (χ1n) is 7.25. The molecule has 0 aliphatic rings. The molecule has 6 nitrogen and oxygen atoms in total. The first kappa shape index (κ1) is 16.6. The van der Waals surface area contributed by atoms with E-state index in [1.807, 2.05) is 30.3 Å². The molecule has 2 N–H and O–H groups in total. The Bertz CT molecular complexity index is 671. The number of rotatable bonds is 6. The third-order valence-corrected chi connectivity index (χ3v) is 3.56. The first-order chi connectivity index (χ1) is 11.0. The van der Waals surface area contributed by atoms with Crippen molar-refractivity contribution in [2.45, 2.75) is 19.0 Å². The summed E-state index contributed by atoms with van der Waals surface area (Å²) in [5, 5.41) is 10.6. The molecule has 0 aliphatic heterocycles. The highest BCUT2D eigenvalue weighted by molar-refractivity contribution is 5.81. The van der Waals surface area contributed by atoms with E-state index in [9.17, 15) is 14.9 Å². The molecule has 0 saturated heterocycles. The second-order valence-electron chi connectivity index (χ2n) is 5.41. The van der Waals surface area contributed by atoms with Crippen molar-refractivity contribution >= 4 is 11.6 Å². The average molecular weight is 313 g/mol. The van der Waals surface area contributed by atoms with Crippen LogP contribution in [0.5, 0.6) is 0 Å². The second-order valence-corrected chi connectivity index (χ2v) is 5.41. The molecule has 6 heteroatoms. The van der Waals surface area contributed by atoms with E-state index in [0.717, 1.165) is 11.1 Å². The lowest BCUT2D eigenvalue weighted by Crippen LogP contribution is -2.42. The van der Waals surface area contributed by atoms with E-state index < -0.39 is 11.0 Å². The zero-order chi connectivity index (χ0) is 16.8. The number of amides is 1. The van der Waals surface area contributed by atoms with Gasteiger partial charge in [-0.05, 0) is 17.5 Å². The summed E-state index contributed by atoms with van der Waals surface area (Å²) in [6.07, 6.45) is 0.343. The molecule has 0 fully saturated rings. The highest BCUT2D eigenvalue weighted by Crippen LogP contribution is 2.13. The van der Waals surface area contributed by atoms with E-state index >= 15 is 0 Å². The Kier molecular flexibility index (Phi) is 5.43. The Morgan fingerprint density at radius 1 is 1.13 bits per heavy atom. The van der Waals surface area contributed by atoms with Crippen LogP contribution in [0.4, 0.5) is 5.69 Å². The van der Waals surface area contributed by atoms with Gasteiger partial charge in [-0.3, -0.25) is 14.9 Å². The van der Waals surface area contributed by atoms with Gasteiger partial charge in [-0.1, -0.05) is 42.5 Å². The third kappa shape index (κ3) is 4.62. The number of benzene rings is 2. The number of hydrogen-bond acceptors (Lipinski definition) is 4. The van der Waals surface area contributed by atoms with Gasteiger partial charge in [0.05, 0.1) is 11.0 Å². The lowest BCUT2D eigenvalue weighted by atomic mass is 10.0. The molecule has 0 aliphatic carbocycles. The highest BCUT2D eigenvalue weighted by Gasteiger charge is 2.19. The van der Waals surface area contributed by atoms with Crippen LogP contribution >= 0.6 is 0 Å². The van der Waals surface area contributed by atoms with Gasteiger partial charge in [0.2, 0.25) is 5.91 Å². The molecular weight excluding hydrogens is 294 g/mol. The summed E-state index contributed by atoms with van der Waals surface area (Å²) < 4.78 is 0. The minimum atomic E-state index is -0.676. The van der Waals surface area contributed by atoms with Crippen molar-refractivity contribution in [3.8, 4) is 0 Å². The first-order valence-corrected chi connectivity index (χ1v) is 7.25. The van der Waals surface area contributed by atoms with Crippen LogP contribution < -0.4 is 5.73 Å². The molecule has 0 heterocycles. The van der Waals surface area contributed by atoms with Crippen LogP contribution in [-0.4, -0.2) is 28.8 Å². The van der Waals surface area contributed by atoms with E-state index in [4.69, 9.17) is 5.73 Å². The minimum Gasteiger partial charge on any atom is -0.340 e. The zero-order valence-corrected chi connectivity index (χ0v) is 12.9. The number of hydrogen-bond donors (Lipinski definition) is 1. The molecule has 1 amide bonds. The van der Waals surface area contributed by atoms with Crippen LogP contribution in [0.1, 0.15) is 11.1 Å². The van der Waals surface area contributed by atoms with E-state index in [1.54, 1.807) is 24.1 Å². The Hall–Kier alpha value is -2.73. The number of nitro benzene ring substituents is 1.